The summed E-state index contributed by atoms with van der Waals surface area (Å²) in [7, 11) is -1.32. The van der Waals surface area contributed by atoms with Gasteiger partial charge in [0, 0.05) is 45.1 Å². The molecule has 3 aromatic rings. The number of nitrogens with one attached hydrogen (secondary N) is 1. The van der Waals surface area contributed by atoms with Crippen molar-refractivity contribution in [2.75, 3.05) is 33.0 Å². The van der Waals surface area contributed by atoms with Gasteiger partial charge < -0.3 is 28.0 Å². The summed E-state index contributed by atoms with van der Waals surface area (Å²) in [5.74, 6) is -1.07. The van der Waals surface area contributed by atoms with Crippen molar-refractivity contribution < 1.29 is 32.4 Å². The average molecular weight is 671 g/mol. The van der Waals surface area contributed by atoms with E-state index in [0.29, 0.717) is 62.0 Å². The second kappa shape index (κ2) is 15.2. The van der Waals surface area contributed by atoms with Gasteiger partial charge in [0.05, 0.1) is 25.4 Å². The molecule has 2 unspecified atom stereocenters. The van der Waals surface area contributed by atoms with Gasteiger partial charge in [-0.25, -0.2) is 9.37 Å². The number of benzene rings is 1. The van der Waals surface area contributed by atoms with Crippen molar-refractivity contribution in [3.8, 4) is 11.4 Å². The summed E-state index contributed by atoms with van der Waals surface area (Å²) in [6.45, 7) is 14.5. The van der Waals surface area contributed by atoms with Gasteiger partial charge in [0.2, 0.25) is 5.79 Å². The van der Waals surface area contributed by atoms with Crippen LogP contribution in [0.1, 0.15) is 51.0 Å². The first kappa shape index (κ1) is 35.0. The number of hydrogen-bond acceptors (Lipinski definition) is 9. The Hall–Kier alpha value is -1.81. The minimum atomic E-state index is -1.47. The summed E-state index contributed by atoms with van der Waals surface area (Å²) in [5.41, 5.74) is 1.28. The predicted octanol–water partition coefficient (Wildman–Crippen LogP) is 6.43. The largest absolute Gasteiger partial charge is 0.598 e. The van der Waals surface area contributed by atoms with Crippen LogP contribution >= 0.6 is 11.6 Å². The van der Waals surface area contributed by atoms with Gasteiger partial charge in [-0.1, -0.05) is 48.5 Å². The van der Waals surface area contributed by atoms with Crippen LogP contribution in [0, 0.1) is 5.82 Å². The predicted molar refractivity (Wildman–Crippen MR) is 171 cm³/mol. The molecule has 0 spiro atoms. The molecule has 2 atom stereocenters. The number of imidazole rings is 1. The van der Waals surface area contributed by atoms with E-state index in [2.05, 4.69) is 29.5 Å². The van der Waals surface area contributed by atoms with Crippen molar-refractivity contribution in [1.82, 2.24) is 19.4 Å². The van der Waals surface area contributed by atoms with E-state index in [9.17, 15) is 4.55 Å². The fourth-order valence-electron chi connectivity index (χ4n) is 4.54. The van der Waals surface area contributed by atoms with Crippen LogP contribution in [-0.2, 0) is 42.8 Å². The maximum absolute atomic E-state index is 15.0. The number of hydrogen-bond donors (Lipinski definition) is 1. The molecule has 2 aromatic heterocycles. The molecule has 14 heteroatoms. The van der Waals surface area contributed by atoms with Gasteiger partial charge in [0.1, 0.15) is 52.0 Å². The molecule has 44 heavy (non-hydrogen) atoms. The van der Waals surface area contributed by atoms with Crippen LogP contribution in [0.3, 0.4) is 0 Å². The van der Waals surface area contributed by atoms with Crippen molar-refractivity contribution in [2.45, 2.75) is 82.6 Å². The summed E-state index contributed by atoms with van der Waals surface area (Å²) in [5, 5.41) is 4.28. The molecule has 0 amide bonds. The number of aromatic nitrogens is 3. The van der Waals surface area contributed by atoms with Gasteiger partial charge in [-0.3, -0.25) is 4.57 Å². The first-order valence-corrected chi connectivity index (χ1v) is 20.1. The third-order valence-corrected chi connectivity index (χ3v) is 10.8. The molecule has 1 aromatic carbocycles. The smallest absolute Gasteiger partial charge is 0.215 e. The van der Waals surface area contributed by atoms with E-state index in [4.69, 9.17) is 40.1 Å². The molecule has 1 aliphatic rings. The van der Waals surface area contributed by atoms with E-state index in [1.54, 1.807) is 28.8 Å². The molecule has 3 heterocycles. The molecule has 0 radical (unpaired) electrons. The van der Waals surface area contributed by atoms with Crippen LogP contribution < -0.4 is 4.72 Å². The molecule has 0 aliphatic carbocycles. The molecule has 10 nitrogen and oxygen atoms in total. The maximum atomic E-state index is 15.0. The fourth-order valence-corrected chi connectivity index (χ4v) is 6.39. The summed E-state index contributed by atoms with van der Waals surface area (Å²) in [4.78, 5) is 4.79. The van der Waals surface area contributed by atoms with Crippen molar-refractivity contribution in [3.63, 3.8) is 0 Å². The summed E-state index contributed by atoms with van der Waals surface area (Å²) in [6, 6.07) is 8.45. The van der Waals surface area contributed by atoms with Gasteiger partial charge in [0.25, 0.3) is 0 Å². The van der Waals surface area contributed by atoms with Crippen LogP contribution in [-0.4, -0.2) is 65.1 Å². The Morgan fingerprint density at radius 3 is 2.52 bits per heavy atom. The van der Waals surface area contributed by atoms with Crippen LogP contribution in [0.4, 0.5) is 4.39 Å². The van der Waals surface area contributed by atoms with E-state index < -0.39 is 41.8 Å². The monoisotopic (exact) mass is 670 g/mol. The minimum Gasteiger partial charge on any atom is -0.598 e. The lowest BCUT2D eigenvalue weighted by Gasteiger charge is -2.27. The zero-order chi connectivity index (χ0) is 32.0. The standard InChI is InChI=1S/C30H44ClFN4O6SSi/c1-29(2,3)43(37)35-24(20-38-14-9-13-30(40-16-17-41-30)25-12-15-42-34-25)26-27(31)36(21-39-18-19-44(4,5)6)28(33-26)22-10-7-8-11-23(22)32/h7-8,10-12,15,24,35H,9,13-14,16-21H2,1-6H3. The number of ether oxygens (including phenoxy) is 4. The Balaban J connectivity index is 1.53. The maximum Gasteiger partial charge on any atom is 0.215 e. The Morgan fingerprint density at radius 2 is 1.89 bits per heavy atom. The highest BCUT2D eigenvalue weighted by molar-refractivity contribution is 7.90. The summed E-state index contributed by atoms with van der Waals surface area (Å²) >= 11 is 5.49. The van der Waals surface area contributed by atoms with E-state index in [-0.39, 0.29) is 18.5 Å². The fraction of sp³-hybridized carbons (Fsp3) is 0.600. The molecule has 244 valence electrons. The second-order valence-corrected chi connectivity index (χ2v) is 20.9. The van der Waals surface area contributed by atoms with Crippen molar-refractivity contribution in [1.29, 1.82) is 0 Å². The van der Waals surface area contributed by atoms with Crippen molar-refractivity contribution in [3.05, 3.63) is 59.0 Å². The Kier molecular flexibility index (Phi) is 12.1. The first-order valence-electron chi connectivity index (χ1n) is 14.8. The number of rotatable bonds is 16. The topological polar surface area (TPSA) is 116 Å². The van der Waals surface area contributed by atoms with E-state index in [1.807, 2.05) is 20.8 Å². The van der Waals surface area contributed by atoms with Crippen LogP contribution in [0.15, 0.2) is 41.1 Å². The molecule has 1 aliphatic heterocycles. The Bertz CT molecular complexity index is 1330. The van der Waals surface area contributed by atoms with Crippen LogP contribution in [0.25, 0.3) is 11.4 Å². The highest BCUT2D eigenvalue weighted by Gasteiger charge is 2.41. The van der Waals surface area contributed by atoms with Gasteiger partial charge in [-0.15, -0.1) is 4.72 Å². The van der Waals surface area contributed by atoms with Crippen LogP contribution in [0.2, 0.25) is 30.8 Å². The normalized spacial score (nSPS) is 16.8. The lowest BCUT2D eigenvalue weighted by molar-refractivity contribution is -0.177. The Morgan fingerprint density at radius 1 is 1.16 bits per heavy atom. The highest BCUT2D eigenvalue weighted by atomic mass is 35.5. The lowest BCUT2D eigenvalue weighted by atomic mass is 10.1. The third kappa shape index (κ3) is 9.14. The van der Waals surface area contributed by atoms with Crippen LogP contribution in [0.5, 0.6) is 0 Å². The quantitative estimate of drug-likeness (QED) is 0.105. The second-order valence-electron chi connectivity index (χ2n) is 12.9. The molecule has 4 rings (SSSR count). The summed E-state index contributed by atoms with van der Waals surface area (Å²) < 4.78 is 61.4. The van der Waals surface area contributed by atoms with Gasteiger partial charge >= 0.3 is 0 Å². The average Bonchev–Trinajstić information content (AvgIpc) is 3.71. The molecule has 0 saturated carbocycles. The van der Waals surface area contributed by atoms with Gasteiger partial charge in [-0.2, -0.15) is 0 Å². The highest BCUT2D eigenvalue weighted by Crippen LogP contribution is 2.36. The zero-order valence-electron chi connectivity index (χ0n) is 26.4. The van der Waals surface area contributed by atoms with Crippen molar-refractivity contribution in [2.24, 2.45) is 0 Å². The van der Waals surface area contributed by atoms with Gasteiger partial charge in [0.15, 0.2) is 0 Å². The molecular formula is C30H44ClFN4O6SSi. The summed E-state index contributed by atoms with van der Waals surface area (Å²) in [6.07, 6.45) is 2.59. The molecule has 0 bridgehead atoms. The zero-order valence-corrected chi connectivity index (χ0v) is 28.9. The Labute approximate surface area is 268 Å². The first-order chi connectivity index (χ1) is 20.8. The van der Waals surface area contributed by atoms with E-state index >= 15 is 4.39 Å². The third-order valence-electron chi connectivity index (χ3n) is 7.06. The van der Waals surface area contributed by atoms with E-state index in [0.717, 1.165) is 6.04 Å². The van der Waals surface area contributed by atoms with E-state index in [1.165, 1.54) is 12.3 Å². The molecule has 1 saturated heterocycles. The lowest BCUT2D eigenvalue weighted by Crippen LogP contribution is -2.42. The number of halogens is 2. The van der Waals surface area contributed by atoms with Crippen molar-refractivity contribution >= 4 is 31.0 Å². The molecule has 1 N–H and O–H groups in total. The molecule has 1 fully saturated rings. The minimum absolute atomic E-state index is 0.0973. The SMILES string of the molecule is CC(C)(C)[S+]([O-])NC(COCCCC1(c2ccon2)OCCO1)c1nc(-c2ccccc2F)n(COCC[Si](C)(C)C)c1Cl. The molecular weight excluding hydrogens is 627 g/mol. The van der Waals surface area contributed by atoms with Gasteiger partial charge in [-0.05, 0) is 45.4 Å². The number of nitrogens with zero attached hydrogens (tertiary/aromatic N) is 3.